The van der Waals surface area contributed by atoms with Gasteiger partial charge >= 0.3 is 0 Å². The monoisotopic (exact) mass is 263 g/mol. The van der Waals surface area contributed by atoms with Gasteiger partial charge in [-0.05, 0) is 24.4 Å². The molecule has 6 nitrogen and oxygen atoms in total. The number of carbonyl (C=O) groups excluding carboxylic acids is 3. The molecule has 1 aliphatic rings. The van der Waals surface area contributed by atoms with Crippen LogP contribution in [0, 0.1) is 0 Å². The quantitative estimate of drug-likeness (QED) is 0.440. The SMILES string of the molecule is O=CN(c1ccccc1)C1C(=O)NC(=S)NC1=O. The van der Waals surface area contributed by atoms with E-state index in [1.165, 1.54) is 0 Å². The summed E-state index contributed by atoms with van der Waals surface area (Å²) in [6, 6.07) is 7.17. The van der Waals surface area contributed by atoms with Gasteiger partial charge in [-0.1, -0.05) is 18.2 Å². The molecule has 7 heteroatoms. The van der Waals surface area contributed by atoms with Crippen molar-refractivity contribution in [3.05, 3.63) is 30.3 Å². The zero-order chi connectivity index (χ0) is 13.1. The lowest BCUT2D eigenvalue weighted by molar-refractivity contribution is -0.132. The fraction of sp³-hybridized carbons (Fsp3) is 0.0909. The van der Waals surface area contributed by atoms with E-state index in [2.05, 4.69) is 22.9 Å². The first kappa shape index (κ1) is 12.2. The highest BCUT2D eigenvalue weighted by Crippen LogP contribution is 2.16. The van der Waals surface area contributed by atoms with Crippen molar-refractivity contribution in [2.75, 3.05) is 4.90 Å². The molecule has 1 heterocycles. The minimum Gasteiger partial charge on any atom is -0.301 e. The Balaban J connectivity index is 2.33. The predicted molar refractivity (Wildman–Crippen MR) is 67.7 cm³/mol. The molecule has 1 aromatic carbocycles. The van der Waals surface area contributed by atoms with E-state index in [0.29, 0.717) is 12.1 Å². The molecule has 0 atom stereocenters. The third-order valence-electron chi connectivity index (χ3n) is 2.42. The van der Waals surface area contributed by atoms with Gasteiger partial charge in [0.1, 0.15) is 0 Å². The van der Waals surface area contributed by atoms with Crippen molar-refractivity contribution in [1.29, 1.82) is 0 Å². The molecule has 0 aromatic heterocycles. The van der Waals surface area contributed by atoms with Gasteiger partial charge in [-0.25, -0.2) is 0 Å². The number of para-hydroxylation sites is 1. The standard InChI is InChI=1S/C11H9N3O3S/c15-6-14(7-4-2-1-3-5-7)8-9(16)12-11(18)13-10(8)17/h1-6,8H,(H2,12,13,16,17,18). The molecule has 0 aliphatic carbocycles. The number of rotatable bonds is 3. The fourth-order valence-electron chi connectivity index (χ4n) is 1.63. The molecule has 2 N–H and O–H groups in total. The smallest absolute Gasteiger partial charge is 0.259 e. The van der Waals surface area contributed by atoms with Crippen molar-refractivity contribution in [3.8, 4) is 0 Å². The predicted octanol–water partition coefficient (Wildman–Crippen LogP) is -0.451. The molecule has 0 saturated carbocycles. The Bertz CT molecular complexity index is 498. The van der Waals surface area contributed by atoms with E-state index in [1.807, 2.05) is 0 Å². The first-order chi connectivity index (χ1) is 8.63. The number of hydrogen-bond donors (Lipinski definition) is 2. The average molecular weight is 263 g/mol. The second-order valence-electron chi connectivity index (χ2n) is 3.56. The molecule has 0 bridgehead atoms. The molecule has 1 aromatic rings. The first-order valence-corrected chi connectivity index (χ1v) is 5.48. The Morgan fingerprint density at radius 2 is 1.67 bits per heavy atom. The van der Waals surface area contributed by atoms with Crippen LogP contribution >= 0.6 is 12.2 Å². The van der Waals surface area contributed by atoms with Crippen LogP contribution in [0.2, 0.25) is 0 Å². The summed E-state index contributed by atoms with van der Waals surface area (Å²) in [4.78, 5) is 35.6. The molecular formula is C11H9N3O3S. The summed E-state index contributed by atoms with van der Waals surface area (Å²) in [7, 11) is 0. The maximum atomic E-state index is 11.7. The highest BCUT2D eigenvalue weighted by Gasteiger charge is 2.37. The van der Waals surface area contributed by atoms with Crippen molar-refractivity contribution in [2.24, 2.45) is 0 Å². The molecule has 2 rings (SSSR count). The summed E-state index contributed by atoms with van der Waals surface area (Å²) < 4.78 is 0. The highest BCUT2D eigenvalue weighted by atomic mass is 32.1. The summed E-state index contributed by atoms with van der Waals surface area (Å²) in [5.74, 6) is -1.25. The number of carbonyl (C=O) groups is 3. The van der Waals surface area contributed by atoms with Gasteiger partial charge in [0.05, 0.1) is 0 Å². The van der Waals surface area contributed by atoms with Crippen molar-refractivity contribution in [2.45, 2.75) is 6.04 Å². The normalized spacial score (nSPS) is 15.9. The van der Waals surface area contributed by atoms with E-state index >= 15 is 0 Å². The largest absolute Gasteiger partial charge is 0.301 e. The highest BCUT2D eigenvalue weighted by molar-refractivity contribution is 7.80. The first-order valence-electron chi connectivity index (χ1n) is 5.08. The summed E-state index contributed by atoms with van der Waals surface area (Å²) in [6.07, 6.45) is 0.438. The molecule has 0 radical (unpaired) electrons. The van der Waals surface area contributed by atoms with Crippen LogP contribution in [-0.4, -0.2) is 29.4 Å². The number of benzene rings is 1. The van der Waals surface area contributed by atoms with E-state index in [1.54, 1.807) is 30.3 Å². The van der Waals surface area contributed by atoms with E-state index in [4.69, 9.17) is 0 Å². The van der Waals surface area contributed by atoms with Crippen LogP contribution < -0.4 is 15.5 Å². The number of nitrogens with one attached hydrogen (secondary N) is 2. The molecule has 0 unspecified atom stereocenters. The molecule has 0 spiro atoms. The lowest BCUT2D eigenvalue weighted by atomic mass is 10.1. The van der Waals surface area contributed by atoms with Crippen LogP contribution in [0.25, 0.3) is 0 Å². The van der Waals surface area contributed by atoms with Crippen LogP contribution in [0.5, 0.6) is 0 Å². The molecular weight excluding hydrogens is 254 g/mol. The Hall–Kier alpha value is -2.28. The lowest BCUT2D eigenvalue weighted by Gasteiger charge is -2.29. The van der Waals surface area contributed by atoms with Gasteiger partial charge in [0.2, 0.25) is 6.41 Å². The van der Waals surface area contributed by atoms with Crippen molar-refractivity contribution in [3.63, 3.8) is 0 Å². The topological polar surface area (TPSA) is 78.5 Å². The van der Waals surface area contributed by atoms with Gasteiger partial charge in [0.15, 0.2) is 11.2 Å². The Morgan fingerprint density at radius 3 is 2.17 bits per heavy atom. The fourth-order valence-corrected chi connectivity index (χ4v) is 1.84. The Labute approximate surface area is 108 Å². The minimum atomic E-state index is -1.25. The summed E-state index contributed by atoms with van der Waals surface area (Å²) in [6.45, 7) is 0. The van der Waals surface area contributed by atoms with Crippen LogP contribution in [0.4, 0.5) is 5.69 Å². The van der Waals surface area contributed by atoms with E-state index < -0.39 is 17.9 Å². The van der Waals surface area contributed by atoms with Gasteiger partial charge in [-0.15, -0.1) is 0 Å². The van der Waals surface area contributed by atoms with Gasteiger partial charge < -0.3 is 10.6 Å². The van der Waals surface area contributed by atoms with E-state index in [0.717, 1.165) is 4.90 Å². The second kappa shape index (κ2) is 4.92. The van der Waals surface area contributed by atoms with Crippen LogP contribution in [0.3, 0.4) is 0 Å². The number of anilines is 1. The van der Waals surface area contributed by atoms with Crippen molar-refractivity contribution in [1.82, 2.24) is 10.6 Å². The van der Waals surface area contributed by atoms with Crippen molar-refractivity contribution >= 4 is 41.2 Å². The lowest BCUT2D eigenvalue weighted by Crippen LogP contribution is -2.64. The van der Waals surface area contributed by atoms with Gasteiger partial charge in [-0.2, -0.15) is 0 Å². The molecule has 18 heavy (non-hydrogen) atoms. The maximum Gasteiger partial charge on any atom is 0.259 e. The van der Waals surface area contributed by atoms with Crippen LogP contribution in [-0.2, 0) is 14.4 Å². The number of amides is 3. The molecule has 92 valence electrons. The molecule has 1 aliphatic heterocycles. The Morgan fingerprint density at radius 1 is 1.11 bits per heavy atom. The van der Waals surface area contributed by atoms with E-state index in [-0.39, 0.29) is 5.11 Å². The number of hydrogen-bond acceptors (Lipinski definition) is 4. The van der Waals surface area contributed by atoms with E-state index in [9.17, 15) is 14.4 Å². The molecule has 1 saturated heterocycles. The van der Waals surface area contributed by atoms with Crippen molar-refractivity contribution < 1.29 is 14.4 Å². The molecule has 3 amide bonds. The summed E-state index contributed by atoms with van der Waals surface area (Å²) >= 11 is 4.68. The van der Waals surface area contributed by atoms with Gasteiger partial charge in [-0.3, -0.25) is 19.3 Å². The van der Waals surface area contributed by atoms with Crippen LogP contribution in [0.1, 0.15) is 0 Å². The zero-order valence-corrected chi connectivity index (χ0v) is 9.94. The summed E-state index contributed by atoms with van der Waals surface area (Å²) in [5.41, 5.74) is 0.454. The Kier molecular flexibility index (Phi) is 3.33. The maximum absolute atomic E-state index is 11.7. The van der Waals surface area contributed by atoms with Gasteiger partial charge in [0, 0.05) is 5.69 Å². The number of thiocarbonyl (C=S) groups is 1. The minimum absolute atomic E-state index is 0.0554. The average Bonchev–Trinajstić information content (AvgIpc) is 2.34. The summed E-state index contributed by atoms with van der Waals surface area (Å²) in [5, 5.41) is 4.55. The third-order valence-corrected chi connectivity index (χ3v) is 2.62. The van der Waals surface area contributed by atoms with Crippen LogP contribution in [0.15, 0.2) is 30.3 Å². The number of nitrogens with zero attached hydrogens (tertiary/aromatic N) is 1. The second-order valence-corrected chi connectivity index (χ2v) is 3.97. The zero-order valence-electron chi connectivity index (χ0n) is 9.12. The van der Waals surface area contributed by atoms with Gasteiger partial charge in [0.25, 0.3) is 11.8 Å². The third kappa shape index (κ3) is 2.21. The molecule has 1 fully saturated rings.